The second kappa shape index (κ2) is 8.72. The van der Waals surface area contributed by atoms with Crippen molar-refractivity contribution in [1.82, 2.24) is 14.9 Å². The summed E-state index contributed by atoms with van der Waals surface area (Å²) in [7, 11) is -3.74. The number of benzene rings is 2. The molecule has 30 heavy (non-hydrogen) atoms. The third-order valence-electron chi connectivity index (χ3n) is 4.57. The lowest BCUT2D eigenvalue weighted by atomic mass is 10.2. The lowest BCUT2D eigenvalue weighted by Gasteiger charge is -2.38. The number of halogens is 2. The van der Waals surface area contributed by atoms with Crippen molar-refractivity contribution in [2.75, 3.05) is 13.1 Å². The highest BCUT2D eigenvalue weighted by Crippen LogP contribution is 2.22. The van der Waals surface area contributed by atoms with E-state index < -0.39 is 27.6 Å². The average Bonchev–Trinajstić information content (AvgIpc) is 2.70. The fraction of sp³-hybridized carbons (Fsp3) is 0.200. The van der Waals surface area contributed by atoms with Crippen LogP contribution in [0.25, 0.3) is 0 Å². The highest BCUT2D eigenvalue weighted by molar-refractivity contribution is 7.89. The second-order valence-corrected chi connectivity index (χ2v) is 8.63. The van der Waals surface area contributed by atoms with Gasteiger partial charge in [-0.15, -0.1) is 0 Å². The molecular weight excluding hydrogens is 416 g/mol. The van der Waals surface area contributed by atoms with Crippen molar-refractivity contribution in [3.05, 3.63) is 77.9 Å². The van der Waals surface area contributed by atoms with E-state index in [-0.39, 0.29) is 42.0 Å². The van der Waals surface area contributed by atoms with E-state index in [0.717, 1.165) is 18.2 Å². The van der Waals surface area contributed by atoms with E-state index in [1.807, 2.05) is 0 Å². The Hall–Kier alpha value is -3.11. The summed E-state index contributed by atoms with van der Waals surface area (Å²) >= 11 is 0. The number of sulfonamides is 1. The van der Waals surface area contributed by atoms with Crippen LogP contribution in [0.3, 0.4) is 0 Å². The van der Waals surface area contributed by atoms with Gasteiger partial charge in [-0.3, -0.25) is 9.59 Å². The predicted molar refractivity (Wildman–Crippen MR) is 105 cm³/mol. The summed E-state index contributed by atoms with van der Waals surface area (Å²) in [6, 6.07) is 8.41. The third kappa shape index (κ3) is 4.71. The van der Waals surface area contributed by atoms with Gasteiger partial charge in [0.1, 0.15) is 0 Å². The zero-order valence-corrected chi connectivity index (χ0v) is 16.6. The first-order valence-electron chi connectivity index (χ1n) is 8.96. The number of carbonyl (C=O) groups is 2. The third-order valence-corrected chi connectivity index (χ3v) is 6.42. The molecule has 0 spiro atoms. The van der Waals surface area contributed by atoms with Crippen molar-refractivity contribution >= 4 is 21.8 Å². The monoisotopic (exact) mass is 435 g/mol. The number of amides is 2. The molecule has 0 aliphatic carbocycles. The first-order chi connectivity index (χ1) is 14.2. The van der Waals surface area contributed by atoms with Crippen LogP contribution < -0.4 is 10.6 Å². The molecule has 0 unspecified atom stereocenters. The maximum Gasteiger partial charge on any atom is 0.251 e. The van der Waals surface area contributed by atoms with Crippen LogP contribution in [0.2, 0.25) is 0 Å². The molecule has 1 aliphatic heterocycles. The van der Waals surface area contributed by atoms with Crippen LogP contribution in [0, 0.1) is 11.6 Å². The van der Waals surface area contributed by atoms with Crippen LogP contribution in [-0.2, 0) is 21.4 Å². The number of nitrogens with zero attached hydrogens (tertiary/aromatic N) is 1. The van der Waals surface area contributed by atoms with Crippen molar-refractivity contribution in [3.63, 3.8) is 0 Å². The van der Waals surface area contributed by atoms with Crippen molar-refractivity contribution in [2.24, 2.45) is 0 Å². The molecule has 1 heterocycles. The summed E-state index contributed by atoms with van der Waals surface area (Å²) in [5.74, 6) is -2.83. The summed E-state index contributed by atoms with van der Waals surface area (Å²) in [5.41, 5.74) is 0.605. The standard InChI is InChI=1S/C20H19F2N3O4S/c1-2-19(26)24-15-11-25(12-15)30(28,29)16-6-4-14(5-7-16)20(27)23-10-13-3-8-17(21)18(22)9-13/h2-9,15H,1,10-12H2,(H,23,27)(H,24,26). The first kappa shape index (κ1) is 21.6. The van der Waals surface area contributed by atoms with Gasteiger partial charge in [0.25, 0.3) is 5.91 Å². The molecule has 2 aromatic carbocycles. The molecule has 0 saturated carbocycles. The Morgan fingerprint density at radius 3 is 2.37 bits per heavy atom. The summed E-state index contributed by atoms with van der Waals surface area (Å²) in [4.78, 5) is 23.5. The normalized spacial score (nSPS) is 14.6. The van der Waals surface area contributed by atoms with Crippen LogP contribution in [0.4, 0.5) is 8.78 Å². The van der Waals surface area contributed by atoms with Crippen molar-refractivity contribution in [2.45, 2.75) is 17.5 Å². The van der Waals surface area contributed by atoms with Gasteiger partial charge in [-0.25, -0.2) is 17.2 Å². The first-order valence-corrected chi connectivity index (χ1v) is 10.4. The second-order valence-electron chi connectivity index (χ2n) is 6.69. The lowest BCUT2D eigenvalue weighted by molar-refractivity contribution is -0.117. The Bertz CT molecular complexity index is 1080. The molecule has 1 saturated heterocycles. The largest absolute Gasteiger partial charge is 0.348 e. The van der Waals surface area contributed by atoms with Gasteiger partial charge in [-0.05, 0) is 48.0 Å². The van der Waals surface area contributed by atoms with Crippen LogP contribution in [0.15, 0.2) is 60.0 Å². The fourth-order valence-electron chi connectivity index (χ4n) is 2.85. The van der Waals surface area contributed by atoms with Gasteiger partial charge in [0.05, 0.1) is 10.9 Å². The molecular formula is C20H19F2N3O4S. The Morgan fingerprint density at radius 1 is 1.10 bits per heavy atom. The SMILES string of the molecule is C=CC(=O)NC1CN(S(=O)(=O)c2ccc(C(=O)NCc3ccc(F)c(F)c3)cc2)C1. The minimum absolute atomic E-state index is 0.0122. The average molecular weight is 435 g/mol. The molecule has 1 fully saturated rings. The Kier molecular flexibility index (Phi) is 6.28. The quantitative estimate of drug-likeness (QED) is 0.646. The minimum Gasteiger partial charge on any atom is -0.348 e. The Balaban J connectivity index is 1.58. The van der Waals surface area contributed by atoms with Crippen LogP contribution in [0.1, 0.15) is 15.9 Å². The van der Waals surface area contributed by atoms with Gasteiger partial charge in [0.2, 0.25) is 15.9 Å². The highest BCUT2D eigenvalue weighted by atomic mass is 32.2. The Labute approximate surface area is 172 Å². The van der Waals surface area contributed by atoms with Crippen molar-refractivity contribution < 1.29 is 26.8 Å². The van der Waals surface area contributed by atoms with E-state index in [0.29, 0.717) is 5.56 Å². The van der Waals surface area contributed by atoms with Gasteiger partial charge >= 0.3 is 0 Å². The summed E-state index contributed by atoms with van der Waals surface area (Å²) in [6.07, 6.45) is 1.12. The summed E-state index contributed by atoms with van der Waals surface area (Å²) in [5, 5.41) is 5.18. The molecule has 0 aromatic heterocycles. The molecule has 1 aliphatic rings. The van der Waals surface area contributed by atoms with Gasteiger partial charge in [-0.1, -0.05) is 12.6 Å². The van der Waals surface area contributed by atoms with Gasteiger partial charge in [0.15, 0.2) is 11.6 Å². The fourth-order valence-corrected chi connectivity index (χ4v) is 4.38. The molecule has 10 heteroatoms. The zero-order chi connectivity index (χ0) is 21.9. The lowest BCUT2D eigenvalue weighted by Crippen LogP contribution is -2.60. The number of carbonyl (C=O) groups excluding carboxylic acids is 2. The van der Waals surface area contributed by atoms with E-state index in [1.54, 1.807) is 0 Å². The number of hydrogen-bond acceptors (Lipinski definition) is 4. The van der Waals surface area contributed by atoms with Crippen LogP contribution >= 0.6 is 0 Å². The summed E-state index contributed by atoms with van der Waals surface area (Å²) in [6.45, 7) is 3.63. The van der Waals surface area contributed by atoms with Crippen LogP contribution in [-0.4, -0.2) is 43.7 Å². The van der Waals surface area contributed by atoms with Gasteiger partial charge in [0, 0.05) is 25.2 Å². The molecule has 2 N–H and O–H groups in total. The Morgan fingerprint density at radius 2 is 1.77 bits per heavy atom. The van der Waals surface area contributed by atoms with E-state index in [2.05, 4.69) is 17.2 Å². The molecule has 2 amide bonds. The molecule has 0 radical (unpaired) electrons. The van der Waals surface area contributed by atoms with E-state index in [1.165, 1.54) is 34.6 Å². The smallest absolute Gasteiger partial charge is 0.251 e. The molecule has 0 bridgehead atoms. The highest BCUT2D eigenvalue weighted by Gasteiger charge is 2.37. The number of rotatable bonds is 7. The minimum atomic E-state index is -3.74. The number of nitrogens with one attached hydrogen (secondary N) is 2. The maximum atomic E-state index is 13.2. The molecule has 2 aromatic rings. The molecule has 158 valence electrons. The van der Waals surface area contributed by atoms with Crippen molar-refractivity contribution in [3.8, 4) is 0 Å². The number of hydrogen-bond donors (Lipinski definition) is 2. The maximum absolute atomic E-state index is 13.2. The topological polar surface area (TPSA) is 95.6 Å². The molecule has 7 nitrogen and oxygen atoms in total. The van der Waals surface area contributed by atoms with E-state index >= 15 is 0 Å². The van der Waals surface area contributed by atoms with Gasteiger partial charge < -0.3 is 10.6 Å². The molecule has 3 rings (SSSR count). The summed E-state index contributed by atoms with van der Waals surface area (Å²) < 4.78 is 52.6. The predicted octanol–water partition coefficient (Wildman–Crippen LogP) is 1.57. The van der Waals surface area contributed by atoms with Crippen LogP contribution in [0.5, 0.6) is 0 Å². The van der Waals surface area contributed by atoms with Gasteiger partial charge in [-0.2, -0.15) is 4.31 Å². The molecule has 0 atom stereocenters. The van der Waals surface area contributed by atoms with E-state index in [4.69, 9.17) is 0 Å². The zero-order valence-electron chi connectivity index (χ0n) is 15.8. The van der Waals surface area contributed by atoms with Crippen molar-refractivity contribution in [1.29, 1.82) is 0 Å². The van der Waals surface area contributed by atoms with E-state index in [9.17, 15) is 26.8 Å².